The molecule has 0 aromatic heterocycles. The lowest BCUT2D eigenvalue weighted by Gasteiger charge is -2.16. The van der Waals surface area contributed by atoms with E-state index in [0.717, 1.165) is 27.1 Å². The van der Waals surface area contributed by atoms with Gasteiger partial charge in [-0.15, -0.1) is 0 Å². The first-order chi connectivity index (χ1) is 8.49. The fourth-order valence-electron chi connectivity index (χ4n) is 2.09. The van der Waals surface area contributed by atoms with Crippen molar-refractivity contribution >= 4 is 33.0 Å². The summed E-state index contributed by atoms with van der Waals surface area (Å²) in [6, 6.07) is 10.1. The zero-order valence-electron chi connectivity index (χ0n) is 10.8. The van der Waals surface area contributed by atoms with E-state index in [2.05, 4.69) is 60.2 Å². The van der Waals surface area contributed by atoms with Crippen LogP contribution in [0.5, 0.6) is 0 Å². The molecule has 0 aliphatic rings. The summed E-state index contributed by atoms with van der Waals surface area (Å²) in [7, 11) is 0. The van der Waals surface area contributed by atoms with Crippen LogP contribution in [-0.4, -0.2) is 0 Å². The summed E-state index contributed by atoms with van der Waals surface area (Å²) in [5.74, 6) is 0. The van der Waals surface area contributed by atoms with Gasteiger partial charge in [0.25, 0.3) is 0 Å². The van der Waals surface area contributed by atoms with Crippen LogP contribution in [0.4, 0.5) is 17.1 Å². The molecule has 0 heterocycles. The fraction of sp³-hybridized carbons (Fsp3) is 0.200. The molecule has 2 aromatic rings. The maximum Gasteiger partial charge on any atom is 0.0647 e. The number of para-hydroxylation sites is 1. The number of halogens is 1. The molecule has 18 heavy (non-hydrogen) atoms. The molecule has 0 saturated heterocycles. The van der Waals surface area contributed by atoms with Gasteiger partial charge in [0.05, 0.1) is 11.4 Å². The molecule has 0 spiro atoms. The Morgan fingerprint density at radius 1 is 0.944 bits per heavy atom. The average molecular weight is 305 g/mol. The molecule has 3 N–H and O–H groups in total. The predicted molar refractivity (Wildman–Crippen MR) is 82.5 cm³/mol. The number of benzene rings is 2. The molecule has 0 aliphatic carbocycles. The first-order valence-corrected chi connectivity index (χ1v) is 6.67. The Hall–Kier alpha value is -1.48. The van der Waals surface area contributed by atoms with Crippen molar-refractivity contribution in [1.29, 1.82) is 0 Å². The zero-order chi connectivity index (χ0) is 13.3. The number of hydrogen-bond donors (Lipinski definition) is 2. The van der Waals surface area contributed by atoms with Crippen LogP contribution in [0.3, 0.4) is 0 Å². The zero-order valence-corrected chi connectivity index (χ0v) is 12.4. The molecule has 0 radical (unpaired) electrons. The largest absolute Gasteiger partial charge is 0.397 e. The second kappa shape index (κ2) is 5.02. The summed E-state index contributed by atoms with van der Waals surface area (Å²) in [6.45, 7) is 6.24. The van der Waals surface area contributed by atoms with Crippen LogP contribution in [0.1, 0.15) is 16.7 Å². The van der Waals surface area contributed by atoms with Crippen molar-refractivity contribution in [2.75, 3.05) is 11.1 Å². The number of rotatable bonds is 2. The lowest BCUT2D eigenvalue weighted by Crippen LogP contribution is -2.01. The standard InChI is InChI=1S/C15H17BrN2/c1-9-5-4-6-13(17)15(9)18-14-10(2)7-12(16)8-11(14)3/h4-8,18H,17H2,1-3H3. The lowest BCUT2D eigenvalue weighted by atomic mass is 10.1. The van der Waals surface area contributed by atoms with Gasteiger partial charge in [-0.1, -0.05) is 28.1 Å². The summed E-state index contributed by atoms with van der Waals surface area (Å²) in [5.41, 5.74) is 12.5. The summed E-state index contributed by atoms with van der Waals surface area (Å²) in [4.78, 5) is 0. The molecule has 0 unspecified atom stereocenters. The van der Waals surface area contributed by atoms with Gasteiger partial charge >= 0.3 is 0 Å². The normalized spacial score (nSPS) is 10.4. The summed E-state index contributed by atoms with van der Waals surface area (Å²) < 4.78 is 1.10. The Bertz CT molecular complexity index is 548. The van der Waals surface area contributed by atoms with E-state index in [4.69, 9.17) is 5.73 Å². The number of hydrogen-bond acceptors (Lipinski definition) is 2. The smallest absolute Gasteiger partial charge is 0.0647 e. The van der Waals surface area contributed by atoms with Crippen LogP contribution in [0.2, 0.25) is 0 Å². The SMILES string of the molecule is Cc1cc(Br)cc(C)c1Nc1c(C)cccc1N. The van der Waals surface area contributed by atoms with Crippen LogP contribution in [0.15, 0.2) is 34.8 Å². The number of nitrogens with two attached hydrogens (primary N) is 1. The van der Waals surface area contributed by atoms with E-state index < -0.39 is 0 Å². The maximum absolute atomic E-state index is 6.03. The number of aryl methyl sites for hydroxylation is 3. The van der Waals surface area contributed by atoms with Gasteiger partial charge in [0, 0.05) is 10.2 Å². The molecule has 0 bridgehead atoms. The van der Waals surface area contributed by atoms with Crippen molar-refractivity contribution in [3.63, 3.8) is 0 Å². The van der Waals surface area contributed by atoms with Crippen molar-refractivity contribution in [3.8, 4) is 0 Å². The number of nitrogen functional groups attached to an aromatic ring is 1. The molecule has 0 aliphatic heterocycles. The molecule has 0 fully saturated rings. The fourth-order valence-corrected chi connectivity index (χ4v) is 2.78. The van der Waals surface area contributed by atoms with Gasteiger partial charge in [-0.2, -0.15) is 0 Å². The third kappa shape index (κ3) is 2.51. The minimum absolute atomic E-state index is 0.775. The molecule has 2 aromatic carbocycles. The quantitative estimate of drug-likeness (QED) is 0.789. The van der Waals surface area contributed by atoms with E-state index in [1.54, 1.807) is 0 Å². The van der Waals surface area contributed by atoms with Gasteiger partial charge in [0.2, 0.25) is 0 Å². The molecular formula is C15H17BrN2. The second-order valence-corrected chi connectivity index (χ2v) is 5.49. The second-order valence-electron chi connectivity index (χ2n) is 4.58. The number of nitrogens with one attached hydrogen (secondary N) is 1. The molecule has 3 heteroatoms. The Labute approximate surface area is 116 Å². The summed E-state index contributed by atoms with van der Waals surface area (Å²) >= 11 is 3.51. The minimum Gasteiger partial charge on any atom is -0.397 e. The van der Waals surface area contributed by atoms with Gasteiger partial charge in [-0.25, -0.2) is 0 Å². The maximum atomic E-state index is 6.03. The van der Waals surface area contributed by atoms with Crippen LogP contribution in [-0.2, 0) is 0 Å². The first-order valence-electron chi connectivity index (χ1n) is 5.88. The Morgan fingerprint density at radius 3 is 2.11 bits per heavy atom. The third-order valence-electron chi connectivity index (χ3n) is 3.05. The van der Waals surface area contributed by atoms with Gasteiger partial charge in [0.1, 0.15) is 0 Å². The number of anilines is 3. The van der Waals surface area contributed by atoms with Crippen molar-refractivity contribution in [3.05, 3.63) is 51.5 Å². The van der Waals surface area contributed by atoms with Gasteiger partial charge in [-0.05, 0) is 55.7 Å². The molecule has 2 nitrogen and oxygen atoms in total. The minimum atomic E-state index is 0.775. The summed E-state index contributed by atoms with van der Waals surface area (Å²) in [5, 5.41) is 3.46. The molecule has 2 rings (SSSR count). The highest BCUT2D eigenvalue weighted by Crippen LogP contribution is 2.32. The summed E-state index contributed by atoms with van der Waals surface area (Å²) in [6.07, 6.45) is 0. The third-order valence-corrected chi connectivity index (χ3v) is 3.51. The Balaban J connectivity index is 2.47. The van der Waals surface area contributed by atoms with E-state index >= 15 is 0 Å². The van der Waals surface area contributed by atoms with Crippen LogP contribution in [0.25, 0.3) is 0 Å². The van der Waals surface area contributed by atoms with E-state index in [-0.39, 0.29) is 0 Å². The van der Waals surface area contributed by atoms with Crippen molar-refractivity contribution in [2.24, 2.45) is 0 Å². The van der Waals surface area contributed by atoms with Gasteiger partial charge in [-0.3, -0.25) is 0 Å². The highest BCUT2D eigenvalue weighted by Gasteiger charge is 2.08. The molecule has 0 atom stereocenters. The van der Waals surface area contributed by atoms with Crippen LogP contribution in [0, 0.1) is 20.8 Å². The first kappa shape index (κ1) is 13.0. The Morgan fingerprint density at radius 2 is 1.56 bits per heavy atom. The lowest BCUT2D eigenvalue weighted by molar-refractivity contribution is 1.33. The monoisotopic (exact) mass is 304 g/mol. The topological polar surface area (TPSA) is 38.0 Å². The Kier molecular flexibility index (Phi) is 3.62. The highest BCUT2D eigenvalue weighted by molar-refractivity contribution is 9.10. The highest BCUT2D eigenvalue weighted by atomic mass is 79.9. The molecule has 0 saturated carbocycles. The van der Waals surface area contributed by atoms with Gasteiger partial charge in [0.15, 0.2) is 0 Å². The van der Waals surface area contributed by atoms with E-state index in [1.165, 1.54) is 11.1 Å². The molecule has 94 valence electrons. The van der Waals surface area contributed by atoms with E-state index in [1.807, 2.05) is 12.1 Å². The van der Waals surface area contributed by atoms with Gasteiger partial charge < -0.3 is 11.1 Å². The van der Waals surface area contributed by atoms with Crippen molar-refractivity contribution < 1.29 is 0 Å². The average Bonchev–Trinajstić information content (AvgIpc) is 2.26. The van der Waals surface area contributed by atoms with Crippen molar-refractivity contribution in [2.45, 2.75) is 20.8 Å². The predicted octanol–water partition coefficient (Wildman–Crippen LogP) is 4.70. The molecular weight excluding hydrogens is 288 g/mol. The van der Waals surface area contributed by atoms with E-state index in [0.29, 0.717) is 0 Å². The molecule has 0 amide bonds. The van der Waals surface area contributed by atoms with E-state index in [9.17, 15) is 0 Å². The van der Waals surface area contributed by atoms with Crippen LogP contribution >= 0.6 is 15.9 Å². The van der Waals surface area contributed by atoms with Crippen molar-refractivity contribution in [1.82, 2.24) is 0 Å². The van der Waals surface area contributed by atoms with Crippen LogP contribution < -0.4 is 11.1 Å².